The van der Waals surface area contributed by atoms with Gasteiger partial charge in [0.15, 0.2) is 0 Å². The van der Waals surface area contributed by atoms with E-state index in [0.29, 0.717) is 10.7 Å². The molecule has 0 aliphatic carbocycles. The summed E-state index contributed by atoms with van der Waals surface area (Å²) in [7, 11) is 0. The Hall–Kier alpha value is -1.95. The Bertz CT molecular complexity index is 551. The van der Waals surface area contributed by atoms with E-state index < -0.39 is 17.2 Å². The minimum absolute atomic E-state index is 0.242. The molecular formula is C16H24ClN3O3. The van der Waals surface area contributed by atoms with Crippen LogP contribution in [0.5, 0.6) is 0 Å². The molecule has 128 valence electrons. The maximum Gasteiger partial charge on any atom is 0.408 e. The predicted octanol–water partition coefficient (Wildman–Crippen LogP) is 3.76. The molecule has 1 aromatic carbocycles. The number of benzene rings is 1. The molecule has 0 spiro atoms. The number of carbonyl (C=O) groups excluding carboxylic acids is 2. The second kappa shape index (κ2) is 7.55. The molecule has 23 heavy (non-hydrogen) atoms. The first kappa shape index (κ1) is 19.1. The van der Waals surface area contributed by atoms with Gasteiger partial charge >= 0.3 is 12.1 Å². The van der Waals surface area contributed by atoms with Crippen LogP contribution in [0.4, 0.5) is 15.3 Å². The molecule has 3 N–H and O–H groups in total. The molecule has 0 bridgehead atoms. The first-order valence-corrected chi connectivity index (χ1v) is 7.66. The molecule has 0 unspecified atom stereocenters. The molecule has 7 heteroatoms. The van der Waals surface area contributed by atoms with E-state index in [1.54, 1.807) is 58.9 Å². The van der Waals surface area contributed by atoms with Gasteiger partial charge in [-0.25, -0.2) is 9.59 Å². The van der Waals surface area contributed by atoms with E-state index in [0.717, 1.165) is 0 Å². The molecule has 0 heterocycles. The summed E-state index contributed by atoms with van der Waals surface area (Å²) >= 11 is 5.78. The van der Waals surface area contributed by atoms with Crippen molar-refractivity contribution >= 4 is 29.4 Å². The van der Waals surface area contributed by atoms with E-state index in [1.807, 2.05) is 0 Å². The van der Waals surface area contributed by atoms with Crippen molar-refractivity contribution in [3.63, 3.8) is 0 Å². The largest absolute Gasteiger partial charge is 0.444 e. The lowest BCUT2D eigenvalue weighted by molar-refractivity contribution is 0.0473. The van der Waals surface area contributed by atoms with Gasteiger partial charge in [-0.1, -0.05) is 11.6 Å². The summed E-state index contributed by atoms with van der Waals surface area (Å²) in [4.78, 5) is 23.6. The van der Waals surface area contributed by atoms with Gasteiger partial charge < -0.3 is 20.7 Å². The second-order valence-electron chi connectivity index (χ2n) is 6.83. The number of halogens is 1. The van der Waals surface area contributed by atoms with E-state index in [4.69, 9.17) is 16.3 Å². The number of ether oxygens (including phenoxy) is 1. The molecule has 0 saturated carbocycles. The second-order valence-corrected chi connectivity index (χ2v) is 7.26. The lowest BCUT2D eigenvalue weighted by Gasteiger charge is -2.28. The average Bonchev–Trinajstić information content (AvgIpc) is 2.36. The van der Waals surface area contributed by atoms with Crippen molar-refractivity contribution in [2.75, 3.05) is 11.9 Å². The van der Waals surface area contributed by atoms with Crippen LogP contribution in [0.1, 0.15) is 34.6 Å². The quantitative estimate of drug-likeness (QED) is 0.780. The van der Waals surface area contributed by atoms with Gasteiger partial charge in [0.25, 0.3) is 0 Å². The molecule has 1 rings (SSSR count). The Morgan fingerprint density at radius 2 is 1.65 bits per heavy atom. The lowest BCUT2D eigenvalue weighted by atomic mass is 10.1. The van der Waals surface area contributed by atoms with Crippen LogP contribution in [0.2, 0.25) is 5.02 Å². The Kier molecular flexibility index (Phi) is 6.27. The number of amides is 3. The summed E-state index contributed by atoms with van der Waals surface area (Å²) in [5.41, 5.74) is -0.594. The molecule has 6 nitrogen and oxygen atoms in total. The maximum absolute atomic E-state index is 11.9. The maximum atomic E-state index is 11.9. The van der Waals surface area contributed by atoms with E-state index in [1.165, 1.54) is 0 Å². The average molecular weight is 342 g/mol. The molecular weight excluding hydrogens is 318 g/mol. The first-order chi connectivity index (χ1) is 10.5. The summed E-state index contributed by atoms with van der Waals surface area (Å²) in [6.45, 7) is 9.19. The molecule has 1 aromatic rings. The monoisotopic (exact) mass is 341 g/mol. The number of rotatable bonds is 4. The third-order valence-corrected chi connectivity index (χ3v) is 2.88. The van der Waals surface area contributed by atoms with Crippen LogP contribution in [0.25, 0.3) is 0 Å². The standard InChI is InChI=1S/C16H24ClN3O3/c1-15(2,3)23-14(22)20-16(4,5)10-18-13(21)19-12-8-6-11(17)7-9-12/h6-9H,10H2,1-5H3,(H,20,22)(H2,18,19,21). The minimum Gasteiger partial charge on any atom is -0.444 e. The van der Waals surface area contributed by atoms with Crippen molar-refractivity contribution in [1.82, 2.24) is 10.6 Å². The highest BCUT2D eigenvalue weighted by Gasteiger charge is 2.25. The molecule has 0 aliphatic rings. The van der Waals surface area contributed by atoms with Gasteiger partial charge in [0, 0.05) is 17.3 Å². The Morgan fingerprint density at radius 1 is 1.09 bits per heavy atom. The predicted molar refractivity (Wildman–Crippen MR) is 91.9 cm³/mol. The van der Waals surface area contributed by atoms with Gasteiger partial charge in [0.2, 0.25) is 0 Å². The van der Waals surface area contributed by atoms with Crippen LogP contribution >= 0.6 is 11.6 Å². The van der Waals surface area contributed by atoms with Crippen molar-refractivity contribution in [2.45, 2.75) is 45.8 Å². The third-order valence-electron chi connectivity index (χ3n) is 2.63. The fourth-order valence-electron chi connectivity index (χ4n) is 1.63. The molecule has 0 aromatic heterocycles. The van der Waals surface area contributed by atoms with Crippen LogP contribution in [0.15, 0.2) is 24.3 Å². The topological polar surface area (TPSA) is 79.5 Å². The van der Waals surface area contributed by atoms with Crippen molar-refractivity contribution in [1.29, 1.82) is 0 Å². The van der Waals surface area contributed by atoms with Crippen molar-refractivity contribution in [2.24, 2.45) is 0 Å². The summed E-state index contributed by atoms with van der Waals surface area (Å²) in [5.74, 6) is 0. The van der Waals surface area contributed by atoms with E-state index in [2.05, 4.69) is 16.0 Å². The zero-order valence-electron chi connectivity index (χ0n) is 14.1. The summed E-state index contributed by atoms with van der Waals surface area (Å²) in [5, 5.41) is 8.70. The smallest absolute Gasteiger partial charge is 0.408 e. The Balaban J connectivity index is 2.44. The molecule has 0 fully saturated rings. The zero-order chi connectivity index (χ0) is 17.7. The van der Waals surface area contributed by atoms with Crippen molar-refractivity contribution < 1.29 is 14.3 Å². The number of alkyl carbamates (subject to hydrolysis) is 1. The molecule has 0 aliphatic heterocycles. The van der Waals surface area contributed by atoms with Gasteiger partial charge in [0.05, 0.1) is 5.54 Å². The molecule has 3 amide bonds. The van der Waals surface area contributed by atoms with Gasteiger partial charge in [-0.2, -0.15) is 0 Å². The van der Waals surface area contributed by atoms with Crippen LogP contribution < -0.4 is 16.0 Å². The number of carbonyl (C=O) groups is 2. The summed E-state index contributed by atoms with van der Waals surface area (Å²) in [6, 6.07) is 6.40. The van der Waals surface area contributed by atoms with Crippen LogP contribution in [0.3, 0.4) is 0 Å². The van der Waals surface area contributed by atoms with E-state index in [-0.39, 0.29) is 12.6 Å². The molecule has 0 saturated heterocycles. The lowest BCUT2D eigenvalue weighted by Crippen LogP contribution is -2.53. The van der Waals surface area contributed by atoms with Gasteiger partial charge in [-0.05, 0) is 58.9 Å². The van der Waals surface area contributed by atoms with Crippen LogP contribution in [-0.4, -0.2) is 29.8 Å². The number of hydrogen-bond acceptors (Lipinski definition) is 3. The van der Waals surface area contributed by atoms with Crippen molar-refractivity contribution in [3.05, 3.63) is 29.3 Å². The first-order valence-electron chi connectivity index (χ1n) is 7.28. The molecule has 0 radical (unpaired) electrons. The number of anilines is 1. The number of nitrogens with one attached hydrogen (secondary N) is 3. The highest BCUT2D eigenvalue weighted by molar-refractivity contribution is 6.30. The van der Waals surface area contributed by atoms with Crippen LogP contribution in [0, 0.1) is 0 Å². The summed E-state index contributed by atoms with van der Waals surface area (Å²) < 4.78 is 5.20. The molecule has 0 atom stereocenters. The van der Waals surface area contributed by atoms with Gasteiger partial charge in [-0.15, -0.1) is 0 Å². The summed E-state index contributed by atoms with van der Waals surface area (Å²) in [6.07, 6.45) is -0.526. The fraction of sp³-hybridized carbons (Fsp3) is 0.500. The Labute approximate surface area is 141 Å². The van der Waals surface area contributed by atoms with Gasteiger partial charge in [-0.3, -0.25) is 0 Å². The van der Waals surface area contributed by atoms with Crippen LogP contribution in [-0.2, 0) is 4.74 Å². The fourth-order valence-corrected chi connectivity index (χ4v) is 1.76. The van der Waals surface area contributed by atoms with Crippen molar-refractivity contribution in [3.8, 4) is 0 Å². The van der Waals surface area contributed by atoms with Gasteiger partial charge in [0.1, 0.15) is 5.60 Å². The minimum atomic E-state index is -0.653. The Morgan fingerprint density at radius 3 is 2.17 bits per heavy atom. The normalized spacial score (nSPS) is 11.6. The SMILES string of the molecule is CC(C)(CNC(=O)Nc1ccc(Cl)cc1)NC(=O)OC(C)(C)C. The number of urea groups is 1. The highest BCUT2D eigenvalue weighted by atomic mass is 35.5. The zero-order valence-corrected chi connectivity index (χ0v) is 14.9. The number of hydrogen-bond donors (Lipinski definition) is 3. The van der Waals surface area contributed by atoms with E-state index >= 15 is 0 Å². The highest BCUT2D eigenvalue weighted by Crippen LogP contribution is 2.13. The van der Waals surface area contributed by atoms with E-state index in [9.17, 15) is 9.59 Å². The third kappa shape index (κ3) is 8.30.